The molecule has 2 heterocycles. The Morgan fingerprint density at radius 1 is 1.48 bits per heavy atom. The van der Waals surface area contributed by atoms with Gasteiger partial charge < -0.3 is 9.84 Å². The van der Waals surface area contributed by atoms with Crippen molar-refractivity contribution in [2.45, 2.75) is 31.3 Å². The molecule has 1 aliphatic rings. The molecule has 1 N–H and O–H groups in total. The molecule has 1 aliphatic heterocycles. The summed E-state index contributed by atoms with van der Waals surface area (Å²) in [6.07, 6.45) is 0. The standard InChI is InChI=1S/C13H19NO5S2/c1-8(2)13(16)6-14(7-13)21(17,18)11-9(3)5-20-10(11)12(15)19-4/h5,8,16H,6-7H2,1-4H3. The van der Waals surface area contributed by atoms with Gasteiger partial charge in [-0.05, 0) is 23.8 Å². The molecular formula is C13H19NO5S2. The van der Waals surface area contributed by atoms with E-state index in [1.807, 2.05) is 13.8 Å². The molecule has 21 heavy (non-hydrogen) atoms. The van der Waals surface area contributed by atoms with Crippen molar-refractivity contribution in [2.24, 2.45) is 5.92 Å². The molecule has 0 aromatic carbocycles. The average Bonchev–Trinajstić information content (AvgIpc) is 2.76. The van der Waals surface area contributed by atoms with Gasteiger partial charge in [0.2, 0.25) is 10.0 Å². The zero-order valence-corrected chi connectivity index (χ0v) is 14.0. The summed E-state index contributed by atoms with van der Waals surface area (Å²) < 4.78 is 31.2. The number of esters is 1. The smallest absolute Gasteiger partial charge is 0.349 e. The van der Waals surface area contributed by atoms with E-state index in [1.165, 1.54) is 11.4 Å². The van der Waals surface area contributed by atoms with Gasteiger partial charge >= 0.3 is 5.97 Å². The lowest BCUT2D eigenvalue weighted by atomic mass is 9.85. The predicted octanol–water partition coefficient (Wildman–Crippen LogP) is 1.23. The number of carbonyl (C=O) groups excluding carboxylic acids is 1. The highest BCUT2D eigenvalue weighted by molar-refractivity contribution is 7.89. The van der Waals surface area contributed by atoms with Gasteiger partial charge in [-0.25, -0.2) is 13.2 Å². The quantitative estimate of drug-likeness (QED) is 0.838. The second-order valence-corrected chi connectivity index (χ2v) is 8.35. The lowest BCUT2D eigenvalue weighted by molar-refractivity contribution is -0.0932. The lowest BCUT2D eigenvalue weighted by Gasteiger charge is -2.47. The van der Waals surface area contributed by atoms with Crippen LogP contribution in [-0.4, -0.2) is 49.6 Å². The maximum atomic E-state index is 12.7. The number of sulfonamides is 1. The zero-order valence-electron chi connectivity index (χ0n) is 12.4. The minimum Gasteiger partial charge on any atom is -0.465 e. The van der Waals surface area contributed by atoms with Crippen LogP contribution in [0.5, 0.6) is 0 Å². The molecule has 6 nitrogen and oxygen atoms in total. The summed E-state index contributed by atoms with van der Waals surface area (Å²) in [6.45, 7) is 5.43. The number of aliphatic hydroxyl groups is 1. The summed E-state index contributed by atoms with van der Waals surface area (Å²) in [5.74, 6) is -0.695. The van der Waals surface area contributed by atoms with Gasteiger partial charge in [0.25, 0.3) is 0 Å². The number of thiophene rings is 1. The van der Waals surface area contributed by atoms with Gasteiger partial charge in [-0.15, -0.1) is 11.3 Å². The van der Waals surface area contributed by atoms with Gasteiger partial charge in [0.15, 0.2) is 0 Å². The van der Waals surface area contributed by atoms with E-state index in [0.29, 0.717) is 5.56 Å². The first-order chi connectivity index (χ1) is 9.63. The Balaban J connectivity index is 2.35. The predicted molar refractivity (Wildman–Crippen MR) is 78.9 cm³/mol. The molecule has 1 saturated heterocycles. The molecule has 0 spiro atoms. The van der Waals surface area contributed by atoms with Crippen LogP contribution < -0.4 is 0 Å². The van der Waals surface area contributed by atoms with E-state index >= 15 is 0 Å². The van der Waals surface area contributed by atoms with Crippen molar-refractivity contribution in [1.29, 1.82) is 0 Å². The molecule has 0 bridgehead atoms. The van der Waals surface area contributed by atoms with Crippen molar-refractivity contribution in [3.05, 3.63) is 15.8 Å². The van der Waals surface area contributed by atoms with Crippen LogP contribution in [0.1, 0.15) is 29.1 Å². The van der Waals surface area contributed by atoms with Crippen LogP contribution in [-0.2, 0) is 14.8 Å². The first-order valence-electron chi connectivity index (χ1n) is 6.52. The van der Waals surface area contributed by atoms with Crippen LogP contribution in [0.3, 0.4) is 0 Å². The van der Waals surface area contributed by atoms with Gasteiger partial charge in [-0.2, -0.15) is 4.31 Å². The first-order valence-corrected chi connectivity index (χ1v) is 8.84. The molecule has 2 rings (SSSR count). The van der Waals surface area contributed by atoms with E-state index in [0.717, 1.165) is 11.3 Å². The summed E-state index contributed by atoms with van der Waals surface area (Å²) in [5, 5.41) is 11.8. The molecule has 1 fully saturated rings. The Kier molecular flexibility index (Phi) is 4.18. The van der Waals surface area contributed by atoms with Gasteiger partial charge in [-0.1, -0.05) is 13.8 Å². The van der Waals surface area contributed by atoms with Gasteiger partial charge in [0, 0.05) is 13.1 Å². The number of β-amino-alcohol motifs (C(OH)–C–C–N with tert-alkyl or cyclic N) is 1. The van der Waals surface area contributed by atoms with Gasteiger partial charge in [-0.3, -0.25) is 0 Å². The number of methoxy groups -OCH3 is 1. The van der Waals surface area contributed by atoms with Crippen molar-refractivity contribution in [2.75, 3.05) is 20.2 Å². The lowest BCUT2D eigenvalue weighted by Crippen LogP contribution is -2.65. The van der Waals surface area contributed by atoms with Crippen molar-refractivity contribution in [3.8, 4) is 0 Å². The summed E-state index contributed by atoms with van der Waals surface area (Å²) in [5.41, 5.74) is -0.483. The minimum atomic E-state index is -3.80. The van der Waals surface area contributed by atoms with Crippen LogP contribution in [0.4, 0.5) is 0 Å². The fraction of sp³-hybridized carbons (Fsp3) is 0.615. The molecule has 0 radical (unpaired) electrons. The maximum absolute atomic E-state index is 12.7. The van der Waals surface area contributed by atoms with E-state index in [-0.39, 0.29) is 28.8 Å². The Bertz CT molecular complexity index is 656. The Hall–Kier alpha value is -0.960. The summed E-state index contributed by atoms with van der Waals surface area (Å²) >= 11 is 1.05. The number of hydrogen-bond donors (Lipinski definition) is 1. The Morgan fingerprint density at radius 3 is 2.52 bits per heavy atom. The molecule has 1 aromatic heterocycles. The van der Waals surface area contributed by atoms with Crippen LogP contribution in [0, 0.1) is 12.8 Å². The summed E-state index contributed by atoms with van der Waals surface area (Å²) in [6, 6.07) is 0. The third kappa shape index (κ3) is 2.61. The van der Waals surface area contributed by atoms with Crippen LogP contribution in [0.15, 0.2) is 10.3 Å². The first kappa shape index (κ1) is 16.4. The normalized spacial score (nSPS) is 18.6. The SMILES string of the molecule is COC(=O)c1scc(C)c1S(=O)(=O)N1CC(O)(C(C)C)C1. The molecule has 0 saturated carbocycles. The molecule has 1 aromatic rings. The highest BCUT2D eigenvalue weighted by Gasteiger charge is 2.50. The summed E-state index contributed by atoms with van der Waals surface area (Å²) in [7, 11) is -2.58. The number of carbonyl (C=O) groups is 1. The second kappa shape index (κ2) is 5.35. The zero-order chi connectivity index (χ0) is 16.0. The highest BCUT2D eigenvalue weighted by atomic mass is 32.2. The Morgan fingerprint density at radius 2 is 2.05 bits per heavy atom. The fourth-order valence-electron chi connectivity index (χ4n) is 2.22. The fourth-order valence-corrected chi connectivity index (χ4v) is 5.44. The number of nitrogens with zero attached hydrogens (tertiary/aromatic N) is 1. The van der Waals surface area contributed by atoms with E-state index in [4.69, 9.17) is 0 Å². The van der Waals surface area contributed by atoms with Gasteiger partial charge in [0.05, 0.1) is 12.7 Å². The van der Waals surface area contributed by atoms with Crippen LogP contribution in [0.2, 0.25) is 0 Å². The van der Waals surface area contributed by atoms with E-state index in [9.17, 15) is 18.3 Å². The number of ether oxygens (including phenoxy) is 1. The number of rotatable bonds is 4. The minimum absolute atomic E-state index is 0.00911. The van der Waals surface area contributed by atoms with E-state index in [2.05, 4.69) is 4.74 Å². The van der Waals surface area contributed by atoms with E-state index < -0.39 is 21.6 Å². The van der Waals surface area contributed by atoms with Crippen LogP contribution >= 0.6 is 11.3 Å². The third-order valence-electron chi connectivity index (χ3n) is 3.86. The topological polar surface area (TPSA) is 83.9 Å². The molecule has 8 heteroatoms. The number of hydrogen-bond acceptors (Lipinski definition) is 6. The largest absolute Gasteiger partial charge is 0.465 e. The van der Waals surface area contributed by atoms with Crippen molar-refractivity contribution < 1.29 is 23.1 Å². The number of aryl methyl sites for hydroxylation is 1. The molecule has 118 valence electrons. The van der Waals surface area contributed by atoms with Crippen molar-refractivity contribution in [3.63, 3.8) is 0 Å². The summed E-state index contributed by atoms with van der Waals surface area (Å²) in [4.78, 5) is 11.8. The average molecular weight is 333 g/mol. The van der Waals surface area contributed by atoms with E-state index in [1.54, 1.807) is 12.3 Å². The maximum Gasteiger partial charge on any atom is 0.349 e. The van der Waals surface area contributed by atoms with Gasteiger partial charge in [0.1, 0.15) is 9.77 Å². The molecule has 0 unspecified atom stereocenters. The highest BCUT2D eigenvalue weighted by Crippen LogP contribution is 2.37. The molecule has 0 aliphatic carbocycles. The van der Waals surface area contributed by atoms with Crippen LogP contribution in [0.25, 0.3) is 0 Å². The molecule has 0 amide bonds. The second-order valence-electron chi connectivity index (χ2n) is 5.60. The van der Waals surface area contributed by atoms with Crippen molar-refractivity contribution >= 4 is 27.3 Å². The molecule has 0 atom stereocenters. The molecular weight excluding hydrogens is 314 g/mol. The monoisotopic (exact) mass is 333 g/mol. The Labute approximate surface area is 128 Å². The third-order valence-corrected chi connectivity index (χ3v) is 7.05. The van der Waals surface area contributed by atoms with Crippen molar-refractivity contribution in [1.82, 2.24) is 4.31 Å².